The lowest BCUT2D eigenvalue weighted by Gasteiger charge is -2.20. The molecule has 0 bridgehead atoms. The van der Waals surface area contributed by atoms with Gasteiger partial charge in [0, 0.05) is 12.2 Å². The van der Waals surface area contributed by atoms with E-state index in [1.807, 2.05) is 47.4 Å². The highest BCUT2D eigenvalue weighted by Gasteiger charge is 2.22. The third kappa shape index (κ3) is 3.51. The van der Waals surface area contributed by atoms with E-state index in [-0.39, 0.29) is 5.91 Å². The standard InChI is InChI=1S/C18H18N2O2S/c1-22-15-8-6-13(7-9-15)12-17(21)19-18(23)20-11-10-14-4-2-3-5-16(14)20/h2-9H,10-12H2,1H3,(H,19,21,23). The fraction of sp³-hybridized carbons (Fsp3) is 0.222. The number of benzene rings is 2. The summed E-state index contributed by atoms with van der Waals surface area (Å²) in [6.45, 7) is 0.807. The lowest BCUT2D eigenvalue weighted by Crippen LogP contribution is -2.42. The van der Waals surface area contributed by atoms with Crippen molar-refractivity contribution < 1.29 is 9.53 Å². The Morgan fingerprint density at radius 1 is 1.22 bits per heavy atom. The highest BCUT2D eigenvalue weighted by molar-refractivity contribution is 7.80. The predicted molar refractivity (Wildman–Crippen MR) is 94.9 cm³/mol. The second kappa shape index (κ2) is 6.79. The Morgan fingerprint density at radius 2 is 1.96 bits per heavy atom. The minimum absolute atomic E-state index is 0.107. The molecular weight excluding hydrogens is 308 g/mol. The molecule has 0 fully saturated rings. The molecule has 1 N–H and O–H groups in total. The molecule has 2 aromatic rings. The summed E-state index contributed by atoms with van der Waals surface area (Å²) in [6.07, 6.45) is 1.24. The number of carbonyl (C=O) groups excluding carboxylic acids is 1. The molecule has 1 heterocycles. The van der Waals surface area contributed by atoms with Gasteiger partial charge in [-0.25, -0.2) is 0 Å². The van der Waals surface area contributed by atoms with Crippen LogP contribution in [0.1, 0.15) is 11.1 Å². The summed E-state index contributed by atoms with van der Waals surface area (Å²) >= 11 is 5.40. The zero-order chi connectivity index (χ0) is 16.2. The van der Waals surface area contributed by atoms with Crippen molar-refractivity contribution in [2.24, 2.45) is 0 Å². The number of nitrogens with one attached hydrogen (secondary N) is 1. The number of hydrogen-bond acceptors (Lipinski definition) is 3. The summed E-state index contributed by atoms with van der Waals surface area (Å²) in [5.74, 6) is 0.669. The van der Waals surface area contributed by atoms with Crippen LogP contribution in [-0.4, -0.2) is 24.7 Å². The molecule has 0 aromatic heterocycles. The van der Waals surface area contributed by atoms with Crippen molar-refractivity contribution in [3.63, 3.8) is 0 Å². The van der Waals surface area contributed by atoms with Crippen molar-refractivity contribution in [1.29, 1.82) is 0 Å². The van der Waals surface area contributed by atoms with Gasteiger partial charge in [-0.05, 0) is 48.0 Å². The van der Waals surface area contributed by atoms with E-state index < -0.39 is 0 Å². The van der Waals surface area contributed by atoms with Crippen LogP contribution in [0, 0.1) is 0 Å². The second-order valence-electron chi connectivity index (χ2n) is 5.41. The Labute approximate surface area is 141 Å². The van der Waals surface area contributed by atoms with Gasteiger partial charge in [0.2, 0.25) is 5.91 Å². The van der Waals surface area contributed by atoms with Gasteiger partial charge in [0.25, 0.3) is 0 Å². The number of para-hydroxylation sites is 1. The van der Waals surface area contributed by atoms with E-state index in [0.29, 0.717) is 11.5 Å². The quantitative estimate of drug-likeness (QED) is 0.881. The van der Waals surface area contributed by atoms with Crippen molar-refractivity contribution in [3.05, 3.63) is 59.7 Å². The van der Waals surface area contributed by atoms with Gasteiger partial charge in [-0.15, -0.1) is 0 Å². The van der Waals surface area contributed by atoms with E-state index in [1.54, 1.807) is 7.11 Å². The maximum absolute atomic E-state index is 12.2. The monoisotopic (exact) mass is 326 g/mol. The van der Waals surface area contributed by atoms with Crippen LogP contribution in [0.5, 0.6) is 5.75 Å². The van der Waals surface area contributed by atoms with Gasteiger partial charge < -0.3 is 15.0 Å². The molecule has 3 rings (SSSR count). The fourth-order valence-corrected chi connectivity index (χ4v) is 3.01. The molecule has 0 radical (unpaired) electrons. The Balaban J connectivity index is 1.60. The third-order valence-corrected chi connectivity index (χ3v) is 4.22. The van der Waals surface area contributed by atoms with Gasteiger partial charge in [-0.3, -0.25) is 4.79 Å². The summed E-state index contributed by atoms with van der Waals surface area (Å²) in [4.78, 5) is 14.2. The maximum atomic E-state index is 12.2. The average Bonchev–Trinajstić information content (AvgIpc) is 2.99. The Morgan fingerprint density at radius 3 is 2.70 bits per heavy atom. The van der Waals surface area contributed by atoms with Crippen molar-refractivity contribution in [3.8, 4) is 5.75 Å². The average molecular weight is 326 g/mol. The first-order chi connectivity index (χ1) is 11.2. The molecule has 0 spiro atoms. The number of rotatable bonds is 3. The first-order valence-corrected chi connectivity index (χ1v) is 7.90. The molecule has 23 heavy (non-hydrogen) atoms. The first-order valence-electron chi connectivity index (χ1n) is 7.49. The van der Waals surface area contributed by atoms with Crippen LogP contribution in [0.15, 0.2) is 48.5 Å². The van der Waals surface area contributed by atoms with E-state index in [9.17, 15) is 4.79 Å². The molecule has 1 aliphatic rings. The normalized spacial score (nSPS) is 12.7. The van der Waals surface area contributed by atoms with Crippen LogP contribution in [0.2, 0.25) is 0 Å². The summed E-state index contributed by atoms with van der Waals surface area (Å²) in [7, 11) is 1.62. The van der Waals surface area contributed by atoms with Gasteiger partial charge in [0.05, 0.1) is 13.5 Å². The van der Waals surface area contributed by atoms with Gasteiger partial charge in [-0.2, -0.15) is 0 Å². The number of hydrogen-bond donors (Lipinski definition) is 1. The van der Waals surface area contributed by atoms with Crippen LogP contribution < -0.4 is 15.0 Å². The molecular formula is C18H18N2O2S. The van der Waals surface area contributed by atoms with Crippen LogP contribution in [-0.2, 0) is 17.6 Å². The SMILES string of the molecule is COc1ccc(CC(=O)NC(=S)N2CCc3ccccc32)cc1. The Bertz CT molecular complexity index is 728. The topological polar surface area (TPSA) is 41.6 Å². The largest absolute Gasteiger partial charge is 0.497 e. The lowest BCUT2D eigenvalue weighted by molar-refractivity contribution is -0.119. The number of carbonyl (C=O) groups is 1. The highest BCUT2D eigenvalue weighted by Crippen LogP contribution is 2.27. The summed E-state index contributed by atoms with van der Waals surface area (Å²) in [6, 6.07) is 15.6. The van der Waals surface area contributed by atoms with Crippen molar-refractivity contribution in [1.82, 2.24) is 5.32 Å². The molecule has 5 heteroatoms. The van der Waals surface area contributed by atoms with E-state index >= 15 is 0 Å². The summed E-state index contributed by atoms with van der Waals surface area (Å²) in [5.41, 5.74) is 3.27. The van der Waals surface area contributed by atoms with Gasteiger partial charge in [0.1, 0.15) is 5.75 Å². The zero-order valence-electron chi connectivity index (χ0n) is 12.9. The van der Waals surface area contributed by atoms with Crippen molar-refractivity contribution in [2.45, 2.75) is 12.8 Å². The van der Waals surface area contributed by atoms with E-state index in [1.165, 1.54) is 5.56 Å². The number of nitrogens with zero attached hydrogens (tertiary/aromatic N) is 1. The maximum Gasteiger partial charge on any atom is 0.230 e. The minimum atomic E-state index is -0.107. The molecule has 4 nitrogen and oxygen atoms in total. The smallest absolute Gasteiger partial charge is 0.230 e. The van der Waals surface area contributed by atoms with Crippen molar-refractivity contribution in [2.75, 3.05) is 18.6 Å². The number of amides is 1. The molecule has 0 unspecified atom stereocenters. The Kier molecular flexibility index (Phi) is 4.57. The molecule has 0 saturated heterocycles. The number of methoxy groups -OCH3 is 1. The number of thiocarbonyl (C=S) groups is 1. The zero-order valence-corrected chi connectivity index (χ0v) is 13.7. The molecule has 2 aromatic carbocycles. The molecule has 1 amide bonds. The van der Waals surface area contributed by atoms with Crippen LogP contribution in [0.4, 0.5) is 5.69 Å². The highest BCUT2D eigenvalue weighted by atomic mass is 32.1. The van der Waals surface area contributed by atoms with Gasteiger partial charge in [0.15, 0.2) is 5.11 Å². The Hall–Kier alpha value is -2.40. The number of ether oxygens (including phenoxy) is 1. The van der Waals surface area contributed by atoms with E-state index in [0.717, 1.165) is 30.0 Å². The van der Waals surface area contributed by atoms with Crippen LogP contribution >= 0.6 is 12.2 Å². The predicted octanol–water partition coefficient (Wildman–Crippen LogP) is 2.70. The third-order valence-electron chi connectivity index (χ3n) is 3.90. The lowest BCUT2D eigenvalue weighted by atomic mass is 10.1. The van der Waals surface area contributed by atoms with Crippen LogP contribution in [0.25, 0.3) is 0 Å². The second-order valence-corrected chi connectivity index (χ2v) is 5.80. The van der Waals surface area contributed by atoms with Gasteiger partial charge >= 0.3 is 0 Å². The summed E-state index contributed by atoms with van der Waals surface area (Å²) in [5, 5.41) is 3.29. The number of anilines is 1. The minimum Gasteiger partial charge on any atom is -0.497 e. The molecule has 0 aliphatic carbocycles. The van der Waals surface area contributed by atoms with Gasteiger partial charge in [-0.1, -0.05) is 30.3 Å². The molecule has 118 valence electrons. The van der Waals surface area contributed by atoms with E-state index in [2.05, 4.69) is 11.4 Å². The first kappa shape index (κ1) is 15.5. The van der Waals surface area contributed by atoms with E-state index in [4.69, 9.17) is 17.0 Å². The molecule has 1 aliphatic heterocycles. The van der Waals surface area contributed by atoms with Crippen molar-refractivity contribution >= 4 is 28.9 Å². The molecule has 0 atom stereocenters. The summed E-state index contributed by atoms with van der Waals surface area (Å²) < 4.78 is 5.11. The van der Waals surface area contributed by atoms with Crippen LogP contribution in [0.3, 0.4) is 0 Å². The fourth-order valence-electron chi connectivity index (χ4n) is 2.71. The number of fused-ring (bicyclic) bond motifs is 1. The molecule has 0 saturated carbocycles.